The van der Waals surface area contributed by atoms with Crippen LogP contribution in [-0.2, 0) is 6.42 Å². The minimum Gasteiger partial charge on any atom is -0.371 e. The standard InChI is InChI=1S/C27H27N3O/c1-2-20-10-6-8-14-24(20)29-18-16-21(17-19-29)26-23-13-7-9-15-25(23)30(28-26)27(31)22-11-4-3-5-12-22/h3-15,21H,2,16-19H2,1H3. The second-order valence-electron chi connectivity index (χ2n) is 8.23. The maximum absolute atomic E-state index is 13.2. The summed E-state index contributed by atoms with van der Waals surface area (Å²) < 4.78 is 1.60. The van der Waals surface area contributed by atoms with Crippen LogP contribution in [0.2, 0.25) is 0 Å². The van der Waals surface area contributed by atoms with Crippen molar-refractivity contribution in [1.82, 2.24) is 9.78 Å². The average Bonchev–Trinajstić information content (AvgIpc) is 3.24. The molecule has 1 aliphatic heterocycles. The lowest BCUT2D eigenvalue weighted by molar-refractivity contribution is 0.0949. The van der Waals surface area contributed by atoms with Gasteiger partial charge in [-0.25, -0.2) is 0 Å². The lowest BCUT2D eigenvalue weighted by Crippen LogP contribution is -2.33. The predicted molar refractivity (Wildman–Crippen MR) is 126 cm³/mol. The third-order valence-corrected chi connectivity index (χ3v) is 6.42. The van der Waals surface area contributed by atoms with Crippen molar-refractivity contribution >= 4 is 22.5 Å². The zero-order chi connectivity index (χ0) is 21.2. The highest BCUT2D eigenvalue weighted by molar-refractivity contribution is 6.01. The van der Waals surface area contributed by atoms with E-state index in [1.807, 2.05) is 48.5 Å². The van der Waals surface area contributed by atoms with Crippen LogP contribution in [0.4, 0.5) is 5.69 Å². The molecule has 0 spiro atoms. The third kappa shape index (κ3) is 3.63. The van der Waals surface area contributed by atoms with E-state index in [-0.39, 0.29) is 5.91 Å². The summed E-state index contributed by atoms with van der Waals surface area (Å²) in [4.78, 5) is 15.7. The molecule has 4 nitrogen and oxygen atoms in total. The second-order valence-corrected chi connectivity index (χ2v) is 8.23. The number of fused-ring (bicyclic) bond motifs is 1. The number of para-hydroxylation sites is 2. The summed E-state index contributed by atoms with van der Waals surface area (Å²) in [5.74, 6) is 0.289. The monoisotopic (exact) mass is 409 g/mol. The fourth-order valence-corrected chi connectivity index (χ4v) is 4.76. The van der Waals surface area contributed by atoms with E-state index in [1.165, 1.54) is 11.3 Å². The normalized spacial score (nSPS) is 14.8. The molecule has 0 radical (unpaired) electrons. The Morgan fingerprint density at radius 3 is 2.35 bits per heavy atom. The third-order valence-electron chi connectivity index (χ3n) is 6.42. The van der Waals surface area contributed by atoms with Crippen LogP contribution in [0.1, 0.15) is 47.3 Å². The molecular formula is C27H27N3O. The molecule has 1 saturated heterocycles. The van der Waals surface area contributed by atoms with E-state index < -0.39 is 0 Å². The zero-order valence-electron chi connectivity index (χ0n) is 17.9. The molecule has 2 heterocycles. The lowest BCUT2D eigenvalue weighted by Gasteiger charge is -2.34. The summed E-state index contributed by atoms with van der Waals surface area (Å²) in [6, 6.07) is 26.2. The molecule has 31 heavy (non-hydrogen) atoms. The van der Waals surface area contributed by atoms with Crippen LogP contribution in [-0.4, -0.2) is 28.8 Å². The predicted octanol–water partition coefficient (Wildman–Crippen LogP) is 5.67. The Hall–Kier alpha value is -3.40. The number of aromatic nitrogens is 2. The number of nitrogens with zero attached hydrogens (tertiary/aromatic N) is 3. The molecule has 1 fully saturated rings. The number of hydrogen-bond acceptors (Lipinski definition) is 3. The van der Waals surface area contributed by atoms with Crippen molar-refractivity contribution < 1.29 is 4.79 Å². The fourth-order valence-electron chi connectivity index (χ4n) is 4.76. The largest absolute Gasteiger partial charge is 0.371 e. The highest BCUT2D eigenvalue weighted by Gasteiger charge is 2.27. The molecule has 0 aliphatic carbocycles. The van der Waals surface area contributed by atoms with Gasteiger partial charge in [0.05, 0.1) is 11.2 Å². The number of hydrogen-bond donors (Lipinski definition) is 0. The van der Waals surface area contributed by atoms with Gasteiger partial charge in [-0.2, -0.15) is 9.78 Å². The van der Waals surface area contributed by atoms with Gasteiger partial charge in [0.2, 0.25) is 0 Å². The van der Waals surface area contributed by atoms with Crippen LogP contribution in [0, 0.1) is 0 Å². The van der Waals surface area contributed by atoms with Gasteiger partial charge in [0.25, 0.3) is 5.91 Å². The van der Waals surface area contributed by atoms with Gasteiger partial charge in [0.1, 0.15) is 0 Å². The number of benzene rings is 3. The van der Waals surface area contributed by atoms with Crippen molar-refractivity contribution in [3.05, 3.63) is 95.7 Å². The topological polar surface area (TPSA) is 38.1 Å². The molecule has 0 N–H and O–H groups in total. The van der Waals surface area contributed by atoms with Crippen molar-refractivity contribution in [3.63, 3.8) is 0 Å². The molecule has 0 unspecified atom stereocenters. The number of aryl methyl sites for hydroxylation is 1. The number of carbonyl (C=O) groups excluding carboxylic acids is 1. The van der Waals surface area contributed by atoms with Crippen LogP contribution in [0.5, 0.6) is 0 Å². The van der Waals surface area contributed by atoms with Gasteiger partial charge in [0, 0.05) is 35.6 Å². The van der Waals surface area contributed by atoms with Crippen LogP contribution in [0.3, 0.4) is 0 Å². The van der Waals surface area contributed by atoms with E-state index in [4.69, 9.17) is 5.10 Å². The first-order valence-corrected chi connectivity index (χ1v) is 11.2. The molecule has 4 heteroatoms. The summed E-state index contributed by atoms with van der Waals surface area (Å²) in [6.45, 7) is 4.24. The smallest absolute Gasteiger partial charge is 0.278 e. The molecule has 0 saturated carbocycles. The molecule has 156 valence electrons. The van der Waals surface area contributed by atoms with Gasteiger partial charge in [-0.05, 0) is 49.1 Å². The van der Waals surface area contributed by atoms with E-state index in [1.54, 1.807) is 4.68 Å². The number of rotatable bonds is 4. The van der Waals surface area contributed by atoms with Crippen LogP contribution in [0.15, 0.2) is 78.9 Å². The number of carbonyl (C=O) groups is 1. The van der Waals surface area contributed by atoms with Crippen LogP contribution in [0.25, 0.3) is 10.9 Å². The Bertz CT molecular complexity index is 1200. The van der Waals surface area contributed by atoms with Crippen molar-refractivity contribution in [2.45, 2.75) is 32.1 Å². The molecule has 5 rings (SSSR count). The molecule has 0 amide bonds. The maximum atomic E-state index is 13.2. The Kier molecular flexibility index (Phi) is 5.29. The fraction of sp³-hybridized carbons (Fsp3) is 0.259. The van der Waals surface area contributed by atoms with E-state index in [2.05, 4.69) is 42.2 Å². The van der Waals surface area contributed by atoms with E-state index in [0.29, 0.717) is 11.5 Å². The molecule has 0 bridgehead atoms. The Labute approximate surface area is 183 Å². The van der Waals surface area contributed by atoms with E-state index in [0.717, 1.165) is 48.9 Å². The van der Waals surface area contributed by atoms with Crippen LogP contribution < -0.4 is 4.90 Å². The molecular weight excluding hydrogens is 382 g/mol. The van der Waals surface area contributed by atoms with E-state index >= 15 is 0 Å². The van der Waals surface area contributed by atoms with Gasteiger partial charge in [-0.15, -0.1) is 0 Å². The number of anilines is 1. The van der Waals surface area contributed by atoms with Gasteiger partial charge in [0.15, 0.2) is 0 Å². The first-order chi connectivity index (χ1) is 15.3. The summed E-state index contributed by atoms with van der Waals surface area (Å²) in [5.41, 5.74) is 5.38. The summed E-state index contributed by atoms with van der Waals surface area (Å²) in [5, 5.41) is 5.97. The Morgan fingerprint density at radius 1 is 0.903 bits per heavy atom. The van der Waals surface area contributed by atoms with Gasteiger partial charge in [-0.1, -0.05) is 61.5 Å². The molecule has 1 aliphatic rings. The van der Waals surface area contributed by atoms with Gasteiger partial charge < -0.3 is 4.90 Å². The van der Waals surface area contributed by atoms with Crippen LogP contribution >= 0.6 is 0 Å². The highest BCUT2D eigenvalue weighted by Crippen LogP contribution is 2.35. The minimum absolute atomic E-state index is 0.0719. The summed E-state index contributed by atoms with van der Waals surface area (Å²) >= 11 is 0. The van der Waals surface area contributed by atoms with Gasteiger partial charge >= 0.3 is 0 Å². The first kappa shape index (κ1) is 19.6. The summed E-state index contributed by atoms with van der Waals surface area (Å²) in [6.07, 6.45) is 3.13. The first-order valence-electron chi connectivity index (χ1n) is 11.2. The SMILES string of the molecule is CCc1ccccc1N1CCC(c2nn(C(=O)c3ccccc3)c3ccccc23)CC1. The quantitative estimate of drug-likeness (QED) is 0.436. The lowest BCUT2D eigenvalue weighted by atomic mass is 9.91. The van der Waals surface area contributed by atoms with Crippen molar-refractivity contribution in [3.8, 4) is 0 Å². The summed E-state index contributed by atoms with van der Waals surface area (Å²) in [7, 11) is 0. The molecule has 3 aromatic carbocycles. The van der Waals surface area contributed by atoms with E-state index in [9.17, 15) is 4.79 Å². The Balaban J connectivity index is 1.43. The zero-order valence-corrected chi connectivity index (χ0v) is 17.9. The van der Waals surface area contributed by atoms with Gasteiger partial charge in [-0.3, -0.25) is 4.79 Å². The second kappa shape index (κ2) is 8.38. The molecule has 0 atom stereocenters. The molecule has 1 aromatic heterocycles. The van der Waals surface area contributed by atoms with Crippen molar-refractivity contribution in [2.75, 3.05) is 18.0 Å². The number of piperidine rings is 1. The van der Waals surface area contributed by atoms with Crippen molar-refractivity contribution in [1.29, 1.82) is 0 Å². The average molecular weight is 410 g/mol. The maximum Gasteiger partial charge on any atom is 0.278 e. The van der Waals surface area contributed by atoms with Crippen molar-refractivity contribution in [2.24, 2.45) is 0 Å². The minimum atomic E-state index is -0.0719. The Morgan fingerprint density at radius 2 is 1.58 bits per heavy atom. The molecule has 4 aromatic rings. The highest BCUT2D eigenvalue weighted by atomic mass is 16.2.